The molecule has 0 spiro atoms. The van der Waals surface area contributed by atoms with Crippen LogP contribution in [0.3, 0.4) is 0 Å². The van der Waals surface area contributed by atoms with Crippen LogP contribution in [0, 0.1) is 10.1 Å². The van der Waals surface area contributed by atoms with Crippen molar-refractivity contribution in [3.05, 3.63) is 52.6 Å². The van der Waals surface area contributed by atoms with E-state index in [2.05, 4.69) is 4.98 Å². The van der Waals surface area contributed by atoms with Crippen molar-refractivity contribution in [1.82, 2.24) is 9.88 Å². The Morgan fingerprint density at radius 3 is 2.46 bits per heavy atom. The van der Waals surface area contributed by atoms with Gasteiger partial charge in [0.1, 0.15) is 5.82 Å². The molecule has 8 heteroatoms. The predicted molar refractivity (Wildman–Crippen MR) is 97.1 cm³/mol. The van der Waals surface area contributed by atoms with E-state index in [0.29, 0.717) is 49.9 Å². The third-order valence-electron chi connectivity index (χ3n) is 4.23. The first-order chi connectivity index (χ1) is 12.6. The Hall–Kier alpha value is -3.16. The summed E-state index contributed by atoms with van der Waals surface area (Å²) in [5.41, 5.74) is 1.03. The molecule has 1 fully saturated rings. The lowest BCUT2D eigenvalue weighted by molar-refractivity contribution is -0.384. The molecule has 0 radical (unpaired) electrons. The zero-order chi connectivity index (χ0) is 18.5. The average molecular weight is 356 g/mol. The van der Waals surface area contributed by atoms with Crippen molar-refractivity contribution in [2.75, 3.05) is 37.7 Å². The Morgan fingerprint density at radius 1 is 1.15 bits per heavy atom. The van der Waals surface area contributed by atoms with E-state index in [1.54, 1.807) is 30.0 Å². The van der Waals surface area contributed by atoms with Crippen LogP contribution in [0.1, 0.15) is 6.92 Å². The predicted octanol–water partition coefficient (Wildman–Crippen LogP) is 2.94. The van der Waals surface area contributed by atoms with Crippen molar-refractivity contribution < 1.29 is 14.5 Å². The molecular formula is C18H20N4O4. The highest BCUT2D eigenvalue weighted by Gasteiger charge is 2.25. The van der Waals surface area contributed by atoms with Gasteiger partial charge in [-0.15, -0.1) is 0 Å². The van der Waals surface area contributed by atoms with Gasteiger partial charge in [0.15, 0.2) is 5.69 Å². The normalized spacial score (nSPS) is 14.2. The molecule has 8 nitrogen and oxygen atoms in total. The van der Waals surface area contributed by atoms with Crippen LogP contribution in [0.2, 0.25) is 0 Å². The number of aromatic nitrogens is 1. The van der Waals surface area contributed by atoms with E-state index in [1.807, 2.05) is 23.1 Å². The van der Waals surface area contributed by atoms with Gasteiger partial charge in [-0.2, -0.15) is 0 Å². The molecule has 0 unspecified atom stereocenters. The van der Waals surface area contributed by atoms with Crippen molar-refractivity contribution in [3.8, 4) is 11.3 Å². The molecule has 0 atom stereocenters. The third kappa shape index (κ3) is 3.74. The molecule has 1 amide bonds. The molecule has 1 aliphatic rings. The highest BCUT2D eigenvalue weighted by atomic mass is 16.6. The lowest BCUT2D eigenvalue weighted by atomic mass is 10.1. The number of pyridine rings is 1. The van der Waals surface area contributed by atoms with Gasteiger partial charge < -0.3 is 14.5 Å². The van der Waals surface area contributed by atoms with E-state index in [-0.39, 0.29) is 11.8 Å². The molecule has 0 saturated carbocycles. The van der Waals surface area contributed by atoms with Crippen molar-refractivity contribution in [2.24, 2.45) is 0 Å². The maximum Gasteiger partial charge on any atom is 0.409 e. The number of hydrogen-bond acceptors (Lipinski definition) is 6. The van der Waals surface area contributed by atoms with Crippen LogP contribution in [-0.2, 0) is 4.74 Å². The summed E-state index contributed by atoms with van der Waals surface area (Å²) in [6.45, 7) is 4.37. The van der Waals surface area contributed by atoms with Gasteiger partial charge in [-0.25, -0.2) is 9.78 Å². The summed E-state index contributed by atoms with van der Waals surface area (Å²) < 4.78 is 5.02. The lowest BCUT2D eigenvalue weighted by Crippen LogP contribution is -2.49. The summed E-state index contributed by atoms with van der Waals surface area (Å²) >= 11 is 0. The number of nitro groups is 1. The molecule has 1 aromatic heterocycles. The van der Waals surface area contributed by atoms with Gasteiger partial charge in [0.25, 0.3) is 5.69 Å². The van der Waals surface area contributed by atoms with E-state index >= 15 is 0 Å². The van der Waals surface area contributed by atoms with Gasteiger partial charge in [-0.3, -0.25) is 10.1 Å². The Labute approximate surface area is 151 Å². The maximum atomic E-state index is 11.8. The Kier molecular flexibility index (Phi) is 5.31. The van der Waals surface area contributed by atoms with Gasteiger partial charge in [0.2, 0.25) is 0 Å². The van der Waals surface area contributed by atoms with Crippen molar-refractivity contribution in [1.29, 1.82) is 0 Å². The highest BCUT2D eigenvalue weighted by Crippen LogP contribution is 2.30. The van der Waals surface area contributed by atoms with E-state index in [4.69, 9.17) is 4.74 Å². The average Bonchev–Trinajstić information content (AvgIpc) is 2.68. The van der Waals surface area contributed by atoms with Gasteiger partial charge in [-0.1, -0.05) is 30.3 Å². The van der Waals surface area contributed by atoms with Crippen molar-refractivity contribution >= 4 is 17.6 Å². The molecule has 26 heavy (non-hydrogen) atoms. The molecule has 1 saturated heterocycles. The fraction of sp³-hybridized carbons (Fsp3) is 0.333. The molecule has 2 heterocycles. The fourth-order valence-electron chi connectivity index (χ4n) is 2.91. The van der Waals surface area contributed by atoms with E-state index in [1.165, 1.54) is 6.07 Å². The molecule has 2 aromatic rings. The smallest absolute Gasteiger partial charge is 0.409 e. The van der Waals surface area contributed by atoms with Crippen LogP contribution in [0.15, 0.2) is 42.5 Å². The summed E-state index contributed by atoms with van der Waals surface area (Å²) in [4.78, 5) is 31.0. The number of carbonyl (C=O) groups is 1. The van der Waals surface area contributed by atoms with E-state index in [9.17, 15) is 14.9 Å². The Morgan fingerprint density at radius 2 is 1.85 bits per heavy atom. The molecule has 3 rings (SSSR count). The Balaban J connectivity index is 1.82. The molecule has 0 N–H and O–H groups in total. The van der Waals surface area contributed by atoms with Gasteiger partial charge in [0, 0.05) is 37.8 Å². The number of anilines is 1. The fourth-order valence-corrected chi connectivity index (χ4v) is 2.91. The quantitative estimate of drug-likeness (QED) is 0.618. The standard InChI is InChI=1S/C18H20N4O4/c1-2-26-18(23)21-12-10-20(11-13-21)16-9-8-15(22(24)25)17(19-16)14-6-4-3-5-7-14/h3-9H,2,10-13H2,1H3. The maximum absolute atomic E-state index is 11.8. The van der Waals surface area contributed by atoms with Crippen LogP contribution in [-0.4, -0.2) is 53.7 Å². The van der Waals surface area contributed by atoms with Gasteiger partial charge in [0.05, 0.1) is 11.5 Å². The minimum absolute atomic E-state index is 0.0230. The van der Waals surface area contributed by atoms with Crippen LogP contribution >= 0.6 is 0 Å². The molecule has 0 aliphatic carbocycles. The third-order valence-corrected chi connectivity index (χ3v) is 4.23. The molecule has 136 valence electrons. The van der Waals surface area contributed by atoms with E-state index in [0.717, 1.165) is 0 Å². The van der Waals surface area contributed by atoms with Crippen molar-refractivity contribution in [2.45, 2.75) is 6.92 Å². The van der Waals surface area contributed by atoms with Crippen LogP contribution in [0.4, 0.5) is 16.3 Å². The second-order valence-corrected chi connectivity index (χ2v) is 5.83. The molecular weight excluding hydrogens is 336 g/mol. The number of hydrogen-bond donors (Lipinski definition) is 0. The summed E-state index contributed by atoms with van der Waals surface area (Å²) in [5, 5.41) is 11.4. The van der Waals surface area contributed by atoms with E-state index < -0.39 is 4.92 Å². The summed E-state index contributed by atoms with van der Waals surface area (Å²) in [6, 6.07) is 12.3. The first-order valence-electron chi connectivity index (χ1n) is 8.47. The van der Waals surface area contributed by atoms with Crippen molar-refractivity contribution in [3.63, 3.8) is 0 Å². The number of ether oxygens (including phenoxy) is 1. The van der Waals surface area contributed by atoms with Crippen LogP contribution in [0.5, 0.6) is 0 Å². The molecule has 1 aliphatic heterocycles. The summed E-state index contributed by atoms with van der Waals surface area (Å²) in [5.74, 6) is 0.665. The number of carbonyl (C=O) groups excluding carboxylic acids is 1. The summed E-state index contributed by atoms with van der Waals surface area (Å²) in [6.07, 6.45) is -0.311. The molecule has 0 bridgehead atoms. The zero-order valence-electron chi connectivity index (χ0n) is 14.5. The highest BCUT2D eigenvalue weighted by molar-refractivity contribution is 5.72. The second-order valence-electron chi connectivity index (χ2n) is 5.83. The minimum atomic E-state index is -0.419. The SMILES string of the molecule is CCOC(=O)N1CCN(c2ccc([N+](=O)[O-])c(-c3ccccc3)n2)CC1. The monoisotopic (exact) mass is 356 g/mol. The summed E-state index contributed by atoms with van der Waals surface area (Å²) in [7, 11) is 0. The van der Waals surface area contributed by atoms with Crippen LogP contribution < -0.4 is 4.90 Å². The molecule has 1 aromatic carbocycles. The largest absolute Gasteiger partial charge is 0.450 e. The van der Waals surface area contributed by atoms with Gasteiger partial charge in [-0.05, 0) is 13.0 Å². The topological polar surface area (TPSA) is 88.8 Å². The minimum Gasteiger partial charge on any atom is -0.450 e. The zero-order valence-corrected chi connectivity index (χ0v) is 14.5. The lowest BCUT2D eigenvalue weighted by Gasteiger charge is -2.34. The number of piperazine rings is 1. The number of amides is 1. The number of nitrogens with zero attached hydrogens (tertiary/aromatic N) is 4. The van der Waals surface area contributed by atoms with Gasteiger partial charge >= 0.3 is 6.09 Å². The number of rotatable bonds is 4. The second kappa shape index (κ2) is 7.81. The van der Waals surface area contributed by atoms with Crippen LogP contribution in [0.25, 0.3) is 11.3 Å². The first kappa shape index (κ1) is 17.7. The first-order valence-corrected chi connectivity index (χ1v) is 8.47. The Bertz CT molecular complexity index is 789. The number of benzene rings is 1.